The Kier molecular flexibility index (Phi) is 2.82. The maximum absolute atomic E-state index is 10.0. The lowest BCUT2D eigenvalue weighted by Gasteiger charge is -2.08. The predicted octanol–water partition coefficient (Wildman–Crippen LogP) is 0.300. The van der Waals surface area contributed by atoms with Crippen molar-refractivity contribution in [3.63, 3.8) is 0 Å². The Morgan fingerprint density at radius 2 is 2.25 bits per heavy atom. The summed E-state index contributed by atoms with van der Waals surface area (Å²) in [6.07, 6.45) is 3.87. The molecule has 2 rings (SSSR count). The molecule has 6 nitrogen and oxygen atoms in total. The van der Waals surface area contributed by atoms with E-state index >= 15 is 0 Å². The molecule has 0 aliphatic heterocycles. The third-order valence-corrected chi connectivity index (χ3v) is 2.19. The van der Waals surface area contributed by atoms with E-state index in [2.05, 4.69) is 15.1 Å². The van der Waals surface area contributed by atoms with E-state index in [0.717, 1.165) is 0 Å². The van der Waals surface area contributed by atoms with Gasteiger partial charge in [-0.1, -0.05) is 0 Å². The van der Waals surface area contributed by atoms with E-state index in [1.54, 1.807) is 30.2 Å². The highest BCUT2D eigenvalue weighted by Crippen LogP contribution is 2.20. The minimum Gasteiger partial charge on any atom is -0.481 e. The number of aromatic nitrogens is 4. The zero-order valence-electron chi connectivity index (χ0n) is 9.03. The number of methoxy groups -OCH3 is 1. The molecule has 6 heteroatoms. The zero-order chi connectivity index (χ0) is 11.5. The molecule has 1 atom stereocenters. The summed E-state index contributed by atoms with van der Waals surface area (Å²) < 4.78 is 6.59. The summed E-state index contributed by atoms with van der Waals surface area (Å²) >= 11 is 0. The van der Waals surface area contributed by atoms with Gasteiger partial charge in [0.2, 0.25) is 5.88 Å². The van der Waals surface area contributed by atoms with Gasteiger partial charge in [-0.05, 0) is 0 Å². The van der Waals surface area contributed by atoms with E-state index in [0.29, 0.717) is 17.1 Å². The van der Waals surface area contributed by atoms with Gasteiger partial charge in [0.1, 0.15) is 12.4 Å². The zero-order valence-corrected chi connectivity index (χ0v) is 9.03. The molecule has 0 amide bonds. The molecule has 1 unspecified atom stereocenters. The average molecular weight is 220 g/mol. The first-order valence-electron chi connectivity index (χ1n) is 4.73. The fraction of sp³-hybridized carbons (Fsp3) is 0.300. The van der Waals surface area contributed by atoms with E-state index < -0.39 is 6.10 Å². The van der Waals surface area contributed by atoms with Crippen LogP contribution in [-0.2, 0) is 7.05 Å². The molecule has 2 aromatic rings. The van der Waals surface area contributed by atoms with Gasteiger partial charge in [-0.2, -0.15) is 5.10 Å². The molecule has 0 fully saturated rings. The fourth-order valence-electron chi connectivity index (χ4n) is 1.37. The minimum atomic E-state index is -0.814. The number of ether oxygens (including phenoxy) is 1. The summed E-state index contributed by atoms with van der Waals surface area (Å²) in [5, 5.41) is 14.0. The fourth-order valence-corrected chi connectivity index (χ4v) is 1.37. The van der Waals surface area contributed by atoms with Gasteiger partial charge in [-0.15, -0.1) is 0 Å². The Bertz CT molecular complexity index is 483. The monoisotopic (exact) mass is 220 g/mol. The summed E-state index contributed by atoms with van der Waals surface area (Å²) in [7, 11) is 3.30. The molecule has 0 aromatic carbocycles. The summed E-state index contributed by atoms with van der Waals surface area (Å²) in [4.78, 5) is 7.87. The van der Waals surface area contributed by atoms with E-state index in [-0.39, 0.29) is 0 Å². The Hall–Kier alpha value is -1.95. The SMILES string of the molecule is COc1cc(C(O)c2cnn(C)c2)ncn1. The summed E-state index contributed by atoms with van der Waals surface area (Å²) in [5.74, 6) is 0.424. The highest BCUT2D eigenvalue weighted by molar-refractivity contribution is 5.23. The van der Waals surface area contributed by atoms with E-state index in [4.69, 9.17) is 4.74 Å². The van der Waals surface area contributed by atoms with Crippen LogP contribution in [0.15, 0.2) is 24.8 Å². The lowest BCUT2D eigenvalue weighted by atomic mass is 10.1. The first-order chi connectivity index (χ1) is 7.70. The van der Waals surface area contributed by atoms with Gasteiger partial charge in [0.05, 0.1) is 19.0 Å². The van der Waals surface area contributed by atoms with Gasteiger partial charge in [-0.25, -0.2) is 9.97 Å². The Balaban J connectivity index is 2.29. The molecule has 84 valence electrons. The molecule has 2 heterocycles. The van der Waals surface area contributed by atoms with Gasteiger partial charge < -0.3 is 9.84 Å². The maximum Gasteiger partial charge on any atom is 0.216 e. The van der Waals surface area contributed by atoms with Crippen LogP contribution in [0.3, 0.4) is 0 Å². The smallest absolute Gasteiger partial charge is 0.216 e. The summed E-state index contributed by atoms with van der Waals surface area (Å²) in [5.41, 5.74) is 1.17. The van der Waals surface area contributed by atoms with Crippen LogP contribution in [0.2, 0.25) is 0 Å². The van der Waals surface area contributed by atoms with Crippen molar-refractivity contribution in [1.29, 1.82) is 0 Å². The van der Waals surface area contributed by atoms with Crippen LogP contribution in [0, 0.1) is 0 Å². The number of rotatable bonds is 3. The highest BCUT2D eigenvalue weighted by Gasteiger charge is 2.14. The maximum atomic E-state index is 10.0. The first-order valence-corrected chi connectivity index (χ1v) is 4.73. The quantitative estimate of drug-likeness (QED) is 0.805. The lowest BCUT2D eigenvalue weighted by Crippen LogP contribution is -2.02. The van der Waals surface area contributed by atoms with Crippen molar-refractivity contribution in [2.75, 3.05) is 7.11 Å². The van der Waals surface area contributed by atoms with Crippen molar-refractivity contribution >= 4 is 0 Å². The average Bonchev–Trinajstić information content (AvgIpc) is 2.75. The number of nitrogens with zero attached hydrogens (tertiary/aromatic N) is 4. The molecular weight excluding hydrogens is 208 g/mol. The Morgan fingerprint density at radius 1 is 1.44 bits per heavy atom. The predicted molar refractivity (Wildman–Crippen MR) is 55.9 cm³/mol. The molecule has 0 aliphatic rings. The normalized spacial score (nSPS) is 12.4. The lowest BCUT2D eigenvalue weighted by molar-refractivity contribution is 0.214. The molecule has 2 aromatic heterocycles. The molecule has 1 N–H and O–H groups in total. The molecule has 0 bridgehead atoms. The summed E-state index contributed by atoms with van der Waals surface area (Å²) in [6, 6.07) is 1.59. The number of aliphatic hydroxyl groups excluding tert-OH is 1. The second-order valence-electron chi connectivity index (χ2n) is 3.34. The van der Waals surface area contributed by atoms with Gasteiger partial charge in [0.15, 0.2) is 0 Å². The van der Waals surface area contributed by atoms with Crippen molar-refractivity contribution in [1.82, 2.24) is 19.7 Å². The number of hydrogen-bond acceptors (Lipinski definition) is 5. The van der Waals surface area contributed by atoms with Crippen molar-refractivity contribution in [2.45, 2.75) is 6.10 Å². The van der Waals surface area contributed by atoms with Crippen molar-refractivity contribution in [2.24, 2.45) is 7.05 Å². The third kappa shape index (κ3) is 2.01. The highest BCUT2D eigenvalue weighted by atomic mass is 16.5. The van der Waals surface area contributed by atoms with E-state index in [1.807, 2.05) is 0 Å². The van der Waals surface area contributed by atoms with E-state index in [9.17, 15) is 5.11 Å². The van der Waals surface area contributed by atoms with Gasteiger partial charge in [0, 0.05) is 24.9 Å². The second-order valence-corrected chi connectivity index (χ2v) is 3.34. The Labute approximate surface area is 92.5 Å². The molecular formula is C10H12N4O2. The second kappa shape index (κ2) is 4.28. The van der Waals surface area contributed by atoms with Crippen LogP contribution in [0.25, 0.3) is 0 Å². The largest absolute Gasteiger partial charge is 0.481 e. The Morgan fingerprint density at radius 3 is 2.88 bits per heavy atom. The molecule has 0 aliphatic carbocycles. The van der Waals surface area contributed by atoms with Crippen LogP contribution in [0.4, 0.5) is 0 Å². The topological polar surface area (TPSA) is 73.1 Å². The van der Waals surface area contributed by atoms with E-state index in [1.165, 1.54) is 13.4 Å². The van der Waals surface area contributed by atoms with Crippen LogP contribution in [-0.4, -0.2) is 32.0 Å². The molecule has 16 heavy (non-hydrogen) atoms. The third-order valence-electron chi connectivity index (χ3n) is 2.19. The van der Waals surface area contributed by atoms with Crippen molar-refractivity contribution in [3.8, 4) is 5.88 Å². The standard InChI is InChI=1S/C10H12N4O2/c1-14-5-7(4-13-14)10(15)8-3-9(16-2)12-6-11-8/h3-6,10,15H,1-2H3. The van der Waals surface area contributed by atoms with Crippen molar-refractivity contribution < 1.29 is 9.84 Å². The number of hydrogen-bond donors (Lipinski definition) is 1. The van der Waals surface area contributed by atoms with Crippen LogP contribution in [0.5, 0.6) is 5.88 Å². The van der Waals surface area contributed by atoms with Crippen LogP contribution < -0.4 is 4.74 Å². The summed E-state index contributed by atoms with van der Waals surface area (Å²) in [6.45, 7) is 0. The molecule has 0 spiro atoms. The number of aliphatic hydroxyl groups is 1. The van der Waals surface area contributed by atoms with Crippen molar-refractivity contribution in [3.05, 3.63) is 36.0 Å². The minimum absolute atomic E-state index is 0.424. The molecule has 0 saturated carbocycles. The van der Waals surface area contributed by atoms with Gasteiger partial charge >= 0.3 is 0 Å². The van der Waals surface area contributed by atoms with Gasteiger partial charge in [0.25, 0.3) is 0 Å². The van der Waals surface area contributed by atoms with Crippen LogP contribution >= 0.6 is 0 Å². The van der Waals surface area contributed by atoms with Crippen LogP contribution in [0.1, 0.15) is 17.4 Å². The van der Waals surface area contributed by atoms with Gasteiger partial charge in [-0.3, -0.25) is 4.68 Å². The molecule has 0 saturated heterocycles. The molecule has 0 radical (unpaired) electrons. The number of aryl methyl sites for hydroxylation is 1. The first kappa shape index (κ1) is 10.6.